The van der Waals surface area contributed by atoms with Gasteiger partial charge in [0.05, 0.1) is 6.04 Å². The third kappa shape index (κ3) is 6.05. The third-order valence-electron chi connectivity index (χ3n) is 7.22. The highest BCUT2D eigenvalue weighted by molar-refractivity contribution is 5.99. The average Bonchev–Trinajstić information content (AvgIpc) is 2.94. The molecule has 1 aliphatic rings. The minimum Gasteiger partial charge on any atom is -0.356 e. The van der Waals surface area contributed by atoms with Crippen molar-refractivity contribution >= 4 is 11.7 Å². The predicted octanol–water partition coefficient (Wildman–Crippen LogP) is 6.40. The van der Waals surface area contributed by atoms with Gasteiger partial charge in [-0.15, -0.1) is 0 Å². The molecule has 0 spiro atoms. The summed E-state index contributed by atoms with van der Waals surface area (Å²) in [4.78, 5) is 25.3. The fourth-order valence-corrected chi connectivity index (χ4v) is 5.09. The van der Waals surface area contributed by atoms with E-state index in [1.165, 1.54) is 5.56 Å². The van der Waals surface area contributed by atoms with Crippen molar-refractivity contribution in [2.24, 2.45) is 5.92 Å². The van der Waals surface area contributed by atoms with Gasteiger partial charge in [0.25, 0.3) is 5.91 Å². The Morgan fingerprint density at radius 2 is 1.68 bits per heavy atom. The Balaban J connectivity index is 1.39. The summed E-state index contributed by atoms with van der Waals surface area (Å²) >= 11 is 0. The number of hydrogen-bond donors (Lipinski definition) is 1. The van der Waals surface area contributed by atoms with Gasteiger partial charge in [-0.2, -0.15) is 0 Å². The van der Waals surface area contributed by atoms with Crippen LogP contribution in [0.3, 0.4) is 0 Å². The fraction of sp³-hybridized carbons (Fsp3) is 0.281. The Kier molecular flexibility index (Phi) is 7.59. The molecule has 5 heteroatoms. The van der Waals surface area contributed by atoms with Gasteiger partial charge < -0.3 is 10.2 Å². The Bertz CT molecular complexity index is 1330. The highest BCUT2D eigenvalue weighted by Gasteiger charge is 2.26. The van der Waals surface area contributed by atoms with Crippen LogP contribution in [-0.4, -0.2) is 29.0 Å². The van der Waals surface area contributed by atoms with E-state index in [-0.39, 0.29) is 11.9 Å². The molecule has 1 saturated heterocycles. The van der Waals surface area contributed by atoms with E-state index in [0.717, 1.165) is 54.9 Å². The zero-order valence-electron chi connectivity index (χ0n) is 21.6. The Morgan fingerprint density at radius 3 is 2.38 bits per heavy atom. The molecule has 1 N–H and O–H groups in total. The molecule has 1 aromatic heterocycles. The number of amides is 1. The van der Waals surface area contributed by atoms with Crippen LogP contribution in [0.25, 0.3) is 11.4 Å². The van der Waals surface area contributed by atoms with Gasteiger partial charge in [-0.05, 0) is 56.2 Å². The van der Waals surface area contributed by atoms with Crippen LogP contribution in [0.2, 0.25) is 0 Å². The number of benzene rings is 3. The molecule has 4 aromatic rings. The lowest BCUT2D eigenvalue weighted by molar-refractivity contribution is 0.0939. The lowest BCUT2D eigenvalue weighted by Crippen LogP contribution is -2.37. The first-order chi connectivity index (χ1) is 18.1. The summed E-state index contributed by atoms with van der Waals surface area (Å²) in [6, 6.07) is 28.8. The second-order valence-electron chi connectivity index (χ2n) is 10.0. The van der Waals surface area contributed by atoms with Crippen LogP contribution in [0, 0.1) is 12.8 Å². The van der Waals surface area contributed by atoms with E-state index in [0.29, 0.717) is 17.3 Å². The van der Waals surface area contributed by atoms with Crippen molar-refractivity contribution < 1.29 is 4.79 Å². The summed E-state index contributed by atoms with van der Waals surface area (Å²) < 4.78 is 0. The summed E-state index contributed by atoms with van der Waals surface area (Å²) in [6.45, 7) is 5.81. The number of nitrogens with zero attached hydrogens (tertiary/aromatic N) is 3. The summed E-state index contributed by atoms with van der Waals surface area (Å²) in [6.07, 6.45) is 4.93. The van der Waals surface area contributed by atoms with Crippen molar-refractivity contribution in [1.29, 1.82) is 0 Å². The first-order valence-electron chi connectivity index (χ1n) is 13.2. The minimum absolute atomic E-state index is 0.116. The SMILES string of the molecule is Cc1cccc(-c2ncc(C(=O)N[C@@H](C)c3ccccc3)c(N3CCC(Cc4ccccc4)CC3)n2)c1. The lowest BCUT2D eigenvalue weighted by Gasteiger charge is -2.34. The Morgan fingerprint density at radius 1 is 0.973 bits per heavy atom. The van der Waals surface area contributed by atoms with Gasteiger partial charge in [0, 0.05) is 24.8 Å². The lowest BCUT2D eigenvalue weighted by atomic mass is 9.90. The van der Waals surface area contributed by atoms with E-state index in [9.17, 15) is 4.79 Å². The standard InChI is InChI=1S/C32H34N4O/c1-23-10-9-15-28(20-23)30-33-22-29(32(37)34-24(2)27-13-7-4-8-14-27)31(35-30)36-18-16-26(17-19-36)21-25-11-5-3-6-12-25/h3-15,20,22,24,26H,16-19,21H2,1-2H3,(H,34,37)/t24-/m0/s1. The number of piperidine rings is 1. The number of carbonyl (C=O) groups excluding carboxylic acids is 1. The third-order valence-corrected chi connectivity index (χ3v) is 7.22. The van der Waals surface area contributed by atoms with Crippen LogP contribution in [0.15, 0.2) is 91.1 Å². The summed E-state index contributed by atoms with van der Waals surface area (Å²) in [5, 5.41) is 3.16. The van der Waals surface area contributed by atoms with E-state index < -0.39 is 0 Å². The number of carbonyl (C=O) groups is 1. The molecule has 37 heavy (non-hydrogen) atoms. The van der Waals surface area contributed by atoms with Crippen molar-refractivity contribution in [1.82, 2.24) is 15.3 Å². The Labute approximate surface area is 219 Å². The van der Waals surface area contributed by atoms with Gasteiger partial charge in [0.15, 0.2) is 5.82 Å². The summed E-state index contributed by atoms with van der Waals surface area (Å²) in [7, 11) is 0. The molecule has 3 aromatic carbocycles. The van der Waals surface area contributed by atoms with Crippen LogP contribution in [-0.2, 0) is 6.42 Å². The second kappa shape index (κ2) is 11.4. The summed E-state index contributed by atoms with van der Waals surface area (Å²) in [5.74, 6) is 1.86. The smallest absolute Gasteiger partial charge is 0.257 e. The number of aryl methyl sites for hydroxylation is 1. The molecule has 1 amide bonds. The minimum atomic E-state index is -0.145. The topological polar surface area (TPSA) is 58.1 Å². The molecular formula is C32H34N4O. The van der Waals surface area contributed by atoms with Crippen molar-refractivity contribution in [3.63, 3.8) is 0 Å². The molecule has 1 fully saturated rings. The normalized spacial score (nSPS) is 14.8. The summed E-state index contributed by atoms with van der Waals surface area (Å²) in [5.41, 5.74) is 5.10. The molecule has 5 nitrogen and oxygen atoms in total. The molecule has 2 heterocycles. The highest BCUT2D eigenvalue weighted by atomic mass is 16.1. The molecule has 1 atom stereocenters. The van der Waals surface area contributed by atoms with Crippen LogP contribution in [0.1, 0.15) is 52.9 Å². The van der Waals surface area contributed by atoms with Crippen LogP contribution < -0.4 is 10.2 Å². The van der Waals surface area contributed by atoms with Gasteiger partial charge in [-0.1, -0.05) is 84.4 Å². The van der Waals surface area contributed by atoms with Crippen molar-refractivity contribution in [2.75, 3.05) is 18.0 Å². The van der Waals surface area contributed by atoms with E-state index in [1.54, 1.807) is 6.20 Å². The zero-order chi connectivity index (χ0) is 25.6. The van der Waals surface area contributed by atoms with E-state index >= 15 is 0 Å². The number of aromatic nitrogens is 2. The maximum atomic E-state index is 13.5. The van der Waals surface area contributed by atoms with Gasteiger partial charge in [-0.3, -0.25) is 4.79 Å². The average molecular weight is 491 g/mol. The molecule has 1 aliphatic heterocycles. The van der Waals surface area contributed by atoms with Gasteiger partial charge in [0.1, 0.15) is 11.4 Å². The largest absolute Gasteiger partial charge is 0.356 e. The number of anilines is 1. The number of hydrogen-bond acceptors (Lipinski definition) is 4. The Hall–Kier alpha value is -3.99. The molecule has 0 unspecified atom stereocenters. The fourth-order valence-electron chi connectivity index (χ4n) is 5.09. The van der Waals surface area contributed by atoms with E-state index in [4.69, 9.17) is 4.98 Å². The van der Waals surface area contributed by atoms with Gasteiger partial charge >= 0.3 is 0 Å². The van der Waals surface area contributed by atoms with Crippen molar-refractivity contribution in [3.8, 4) is 11.4 Å². The molecule has 0 radical (unpaired) electrons. The van der Waals surface area contributed by atoms with Crippen LogP contribution >= 0.6 is 0 Å². The monoisotopic (exact) mass is 490 g/mol. The zero-order valence-corrected chi connectivity index (χ0v) is 21.6. The van der Waals surface area contributed by atoms with E-state index in [1.807, 2.05) is 49.4 Å². The molecule has 0 saturated carbocycles. The number of rotatable bonds is 7. The second-order valence-corrected chi connectivity index (χ2v) is 10.0. The van der Waals surface area contributed by atoms with Crippen LogP contribution in [0.4, 0.5) is 5.82 Å². The number of nitrogens with one attached hydrogen (secondary N) is 1. The maximum Gasteiger partial charge on any atom is 0.257 e. The molecule has 5 rings (SSSR count). The maximum absolute atomic E-state index is 13.5. The first kappa shape index (κ1) is 24.7. The van der Waals surface area contributed by atoms with Crippen molar-refractivity contribution in [3.05, 3.63) is 113 Å². The predicted molar refractivity (Wildman–Crippen MR) is 150 cm³/mol. The molecule has 188 valence electrons. The van der Waals surface area contributed by atoms with E-state index in [2.05, 4.69) is 64.6 Å². The van der Waals surface area contributed by atoms with Crippen LogP contribution in [0.5, 0.6) is 0 Å². The first-order valence-corrected chi connectivity index (χ1v) is 13.2. The highest BCUT2D eigenvalue weighted by Crippen LogP contribution is 2.29. The molecular weight excluding hydrogens is 456 g/mol. The quantitative estimate of drug-likeness (QED) is 0.326. The molecule has 0 bridgehead atoms. The molecule has 0 aliphatic carbocycles. The van der Waals surface area contributed by atoms with Gasteiger partial charge in [0.2, 0.25) is 0 Å². The van der Waals surface area contributed by atoms with Crippen molar-refractivity contribution in [2.45, 2.75) is 39.2 Å². The van der Waals surface area contributed by atoms with Gasteiger partial charge in [-0.25, -0.2) is 9.97 Å².